The molecule has 0 spiro atoms. The molecule has 0 aromatic heterocycles. The van der Waals surface area contributed by atoms with E-state index in [4.69, 9.17) is 14.6 Å². The van der Waals surface area contributed by atoms with Gasteiger partial charge in [-0.3, -0.25) is 0 Å². The van der Waals surface area contributed by atoms with Crippen molar-refractivity contribution < 1.29 is 19.4 Å². The second-order valence-electron chi connectivity index (χ2n) is 3.46. The van der Waals surface area contributed by atoms with Crippen molar-refractivity contribution in [2.45, 2.75) is 18.9 Å². The van der Waals surface area contributed by atoms with E-state index in [1.165, 1.54) is 0 Å². The molecule has 0 bridgehead atoms. The van der Waals surface area contributed by atoms with Crippen molar-refractivity contribution in [1.82, 2.24) is 0 Å². The molecule has 0 saturated heterocycles. The van der Waals surface area contributed by atoms with Crippen LogP contribution in [0.5, 0.6) is 11.5 Å². The topological polar surface area (TPSA) is 55.8 Å². The smallest absolute Gasteiger partial charge is 0.344 e. The minimum atomic E-state index is -0.913. The maximum atomic E-state index is 10.8. The third-order valence-corrected chi connectivity index (χ3v) is 2.49. The van der Waals surface area contributed by atoms with Crippen molar-refractivity contribution in [3.05, 3.63) is 23.8 Å². The molecule has 0 radical (unpaired) electrons. The number of carbonyl (C=O) groups is 1. The first-order valence-electron chi connectivity index (χ1n) is 4.77. The van der Waals surface area contributed by atoms with Gasteiger partial charge in [-0.05, 0) is 24.5 Å². The van der Waals surface area contributed by atoms with E-state index >= 15 is 0 Å². The molecule has 80 valence electrons. The van der Waals surface area contributed by atoms with Gasteiger partial charge < -0.3 is 14.6 Å². The van der Waals surface area contributed by atoms with Gasteiger partial charge in [0.1, 0.15) is 11.5 Å². The highest BCUT2D eigenvalue weighted by molar-refractivity contribution is 5.73. The van der Waals surface area contributed by atoms with Crippen molar-refractivity contribution in [3.8, 4) is 11.5 Å². The van der Waals surface area contributed by atoms with Crippen molar-refractivity contribution in [3.63, 3.8) is 0 Å². The molecule has 2 rings (SSSR count). The van der Waals surface area contributed by atoms with E-state index in [-0.39, 0.29) is 0 Å². The van der Waals surface area contributed by atoms with E-state index in [2.05, 4.69) is 0 Å². The first-order chi connectivity index (χ1) is 7.20. The Labute approximate surface area is 87.4 Å². The number of benzene rings is 1. The fraction of sp³-hybridized carbons (Fsp3) is 0.364. The van der Waals surface area contributed by atoms with Crippen LogP contribution in [0.4, 0.5) is 0 Å². The predicted octanol–water partition coefficient (Wildman–Crippen LogP) is 1.47. The molecule has 1 aromatic carbocycles. The summed E-state index contributed by atoms with van der Waals surface area (Å²) in [6.45, 7) is 0. The number of aryl methyl sites for hydroxylation is 1. The Morgan fingerprint density at radius 1 is 1.60 bits per heavy atom. The number of aliphatic carboxylic acids is 1. The zero-order chi connectivity index (χ0) is 10.8. The van der Waals surface area contributed by atoms with Gasteiger partial charge in [0.15, 0.2) is 6.10 Å². The van der Waals surface area contributed by atoms with Crippen LogP contribution in [0, 0.1) is 0 Å². The lowest BCUT2D eigenvalue weighted by Crippen LogP contribution is -2.30. The zero-order valence-electron chi connectivity index (χ0n) is 8.40. The van der Waals surface area contributed by atoms with Gasteiger partial charge in [0.25, 0.3) is 0 Å². The molecule has 0 aliphatic carbocycles. The molecule has 4 nitrogen and oxygen atoms in total. The minimum absolute atomic E-state index is 0.522. The molecule has 1 unspecified atom stereocenters. The fourth-order valence-electron chi connectivity index (χ4n) is 1.65. The van der Waals surface area contributed by atoms with E-state index in [1.54, 1.807) is 13.2 Å². The van der Waals surface area contributed by atoms with E-state index in [0.29, 0.717) is 17.9 Å². The Hall–Kier alpha value is -1.71. The molecule has 0 amide bonds. The van der Waals surface area contributed by atoms with Gasteiger partial charge in [-0.2, -0.15) is 0 Å². The Bertz CT molecular complexity index is 386. The summed E-state index contributed by atoms with van der Waals surface area (Å²) >= 11 is 0. The second kappa shape index (κ2) is 3.81. The molecule has 1 aromatic rings. The molecule has 1 aliphatic rings. The van der Waals surface area contributed by atoms with Gasteiger partial charge in [-0.25, -0.2) is 4.79 Å². The molecule has 1 N–H and O–H groups in total. The standard InChI is InChI=1S/C11H12O4/c1-14-8-4-2-7-3-5-9(11(12)13)15-10(7)6-8/h2,4,6,9H,3,5H2,1H3,(H,12,13). The average molecular weight is 208 g/mol. The quantitative estimate of drug-likeness (QED) is 0.799. The number of hydrogen-bond acceptors (Lipinski definition) is 3. The van der Waals surface area contributed by atoms with Crippen LogP contribution in [0.15, 0.2) is 18.2 Å². The van der Waals surface area contributed by atoms with Crippen molar-refractivity contribution in [1.29, 1.82) is 0 Å². The third-order valence-electron chi connectivity index (χ3n) is 2.49. The molecular formula is C11H12O4. The van der Waals surface area contributed by atoms with Gasteiger partial charge in [0.05, 0.1) is 7.11 Å². The van der Waals surface area contributed by atoms with Crippen LogP contribution in [-0.4, -0.2) is 24.3 Å². The average Bonchev–Trinajstić information content (AvgIpc) is 2.27. The van der Waals surface area contributed by atoms with Gasteiger partial charge in [-0.1, -0.05) is 6.07 Å². The van der Waals surface area contributed by atoms with Crippen molar-refractivity contribution in [2.24, 2.45) is 0 Å². The Morgan fingerprint density at radius 2 is 2.40 bits per heavy atom. The Morgan fingerprint density at radius 3 is 3.07 bits per heavy atom. The lowest BCUT2D eigenvalue weighted by Gasteiger charge is -2.23. The summed E-state index contributed by atoms with van der Waals surface area (Å²) in [5.74, 6) is 0.385. The first kappa shape index (κ1) is 9.83. The maximum absolute atomic E-state index is 10.8. The summed E-state index contributed by atoms with van der Waals surface area (Å²) in [6, 6.07) is 5.49. The first-order valence-corrected chi connectivity index (χ1v) is 4.77. The Balaban J connectivity index is 2.27. The van der Waals surface area contributed by atoms with Crippen LogP contribution in [-0.2, 0) is 11.2 Å². The van der Waals surface area contributed by atoms with Gasteiger partial charge in [0, 0.05) is 6.07 Å². The van der Waals surface area contributed by atoms with E-state index in [1.807, 2.05) is 12.1 Å². The highest BCUT2D eigenvalue weighted by Gasteiger charge is 2.25. The van der Waals surface area contributed by atoms with Crippen LogP contribution in [0.2, 0.25) is 0 Å². The summed E-state index contributed by atoms with van der Waals surface area (Å²) < 4.78 is 10.4. The van der Waals surface area contributed by atoms with E-state index in [9.17, 15) is 4.79 Å². The fourth-order valence-corrected chi connectivity index (χ4v) is 1.65. The monoisotopic (exact) mass is 208 g/mol. The number of carboxylic acid groups (broad SMARTS) is 1. The van der Waals surface area contributed by atoms with Crippen molar-refractivity contribution in [2.75, 3.05) is 7.11 Å². The third kappa shape index (κ3) is 1.88. The summed E-state index contributed by atoms with van der Waals surface area (Å²) in [5.41, 5.74) is 1.04. The number of ether oxygens (including phenoxy) is 2. The minimum Gasteiger partial charge on any atom is -0.497 e. The number of hydrogen-bond donors (Lipinski definition) is 1. The highest BCUT2D eigenvalue weighted by atomic mass is 16.5. The normalized spacial score (nSPS) is 18.9. The molecular weight excluding hydrogens is 196 g/mol. The number of rotatable bonds is 2. The molecule has 1 aliphatic heterocycles. The molecule has 1 heterocycles. The number of fused-ring (bicyclic) bond motifs is 1. The molecule has 0 fully saturated rings. The van der Waals surface area contributed by atoms with Crippen LogP contribution in [0.3, 0.4) is 0 Å². The molecule has 4 heteroatoms. The van der Waals surface area contributed by atoms with Crippen molar-refractivity contribution >= 4 is 5.97 Å². The predicted molar refractivity (Wildman–Crippen MR) is 53.4 cm³/mol. The van der Waals surface area contributed by atoms with Crippen LogP contribution in [0.1, 0.15) is 12.0 Å². The second-order valence-corrected chi connectivity index (χ2v) is 3.46. The number of carboxylic acids is 1. The summed E-state index contributed by atoms with van der Waals surface area (Å²) in [7, 11) is 1.57. The van der Waals surface area contributed by atoms with Gasteiger partial charge in [0.2, 0.25) is 0 Å². The summed E-state index contributed by atoms with van der Waals surface area (Å²) in [6.07, 6.45) is 0.523. The van der Waals surface area contributed by atoms with Gasteiger partial charge >= 0.3 is 5.97 Å². The maximum Gasteiger partial charge on any atom is 0.344 e. The molecule has 0 saturated carbocycles. The van der Waals surface area contributed by atoms with E-state index < -0.39 is 12.1 Å². The Kier molecular flexibility index (Phi) is 2.49. The lowest BCUT2D eigenvalue weighted by atomic mass is 10.0. The lowest BCUT2D eigenvalue weighted by molar-refractivity contribution is -0.145. The summed E-state index contributed by atoms with van der Waals surface area (Å²) in [4.78, 5) is 10.8. The largest absolute Gasteiger partial charge is 0.497 e. The van der Waals surface area contributed by atoms with Gasteiger partial charge in [-0.15, -0.1) is 0 Å². The van der Waals surface area contributed by atoms with Crippen LogP contribution < -0.4 is 9.47 Å². The SMILES string of the molecule is COc1ccc2c(c1)OC(C(=O)O)CC2. The van der Waals surface area contributed by atoms with E-state index in [0.717, 1.165) is 12.0 Å². The van der Waals surface area contributed by atoms with Crippen LogP contribution >= 0.6 is 0 Å². The number of methoxy groups -OCH3 is 1. The van der Waals surface area contributed by atoms with Crippen LogP contribution in [0.25, 0.3) is 0 Å². The summed E-state index contributed by atoms with van der Waals surface area (Å²) in [5, 5.41) is 8.83. The zero-order valence-corrected chi connectivity index (χ0v) is 8.40. The molecule has 1 atom stereocenters. The molecule has 15 heavy (non-hydrogen) atoms. The highest BCUT2D eigenvalue weighted by Crippen LogP contribution is 2.31.